The first kappa shape index (κ1) is 29.9. The van der Waals surface area contributed by atoms with Gasteiger partial charge < -0.3 is 9.47 Å². The van der Waals surface area contributed by atoms with Gasteiger partial charge in [-0.25, -0.2) is 9.59 Å². The van der Waals surface area contributed by atoms with Crippen LogP contribution < -0.4 is 9.80 Å². The minimum atomic E-state index is -0.639. The zero-order valence-corrected chi connectivity index (χ0v) is 25.9. The summed E-state index contributed by atoms with van der Waals surface area (Å²) in [5, 5.41) is 0. The molecule has 2 aliphatic rings. The number of carbonyl (C=O) groups is 4. The molecule has 2 amide bonds. The summed E-state index contributed by atoms with van der Waals surface area (Å²) in [4.78, 5) is 54.5. The summed E-state index contributed by atoms with van der Waals surface area (Å²) >= 11 is 13.0. The van der Waals surface area contributed by atoms with Gasteiger partial charge in [-0.15, -0.1) is 0 Å². The molecular formula is C28H26N2O6S4. The number of esters is 2. The second-order valence-corrected chi connectivity index (χ2v) is 14.1. The van der Waals surface area contributed by atoms with Crippen LogP contribution in [0.15, 0.2) is 58.3 Å². The topological polar surface area (TPSA) is 93.2 Å². The van der Waals surface area contributed by atoms with E-state index in [2.05, 4.69) is 0 Å². The number of rotatable bonds is 4. The van der Waals surface area contributed by atoms with Crippen molar-refractivity contribution in [3.05, 3.63) is 69.5 Å². The fourth-order valence-corrected chi connectivity index (χ4v) is 6.37. The third kappa shape index (κ3) is 6.46. The first-order chi connectivity index (χ1) is 18.6. The van der Waals surface area contributed by atoms with Gasteiger partial charge in [-0.1, -0.05) is 48.0 Å². The molecule has 8 nitrogen and oxygen atoms in total. The van der Waals surface area contributed by atoms with Gasteiger partial charge in [-0.05, 0) is 90.1 Å². The molecule has 40 heavy (non-hydrogen) atoms. The Morgan fingerprint density at radius 2 is 0.925 bits per heavy atom. The molecule has 0 atom stereocenters. The third-order valence-electron chi connectivity index (χ3n) is 5.26. The summed E-state index contributed by atoms with van der Waals surface area (Å²) in [6.45, 7) is 10.7. The number of benzene rings is 2. The van der Waals surface area contributed by atoms with Crippen LogP contribution in [0.1, 0.15) is 62.3 Å². The van der Waals surface area contributed by atoms with Crippen molar-refractivity contribution in [3.8, 4) is 0 Å². The lowest BCUT2D eigenvalue weighted by Gasteiger charge is -2.20. The van der Waals surface area contributed by atoms with E-state index in [0.717, 1.165) is 23.5 Å². The highest BCUT2D eigenvalue weighted by Gasteiger charge is 2.43. The van der Waals surface area contributed by atoms with E-state index in [4.69, 9.17) is 33.9 Å². The molecule has 2 saturated heterocycles. The minimum absolute atomic E-state index is 0.173. The van der Waals surface area contributed by atoms with Crippen molar-refractivity contribution < 1.29 is 28.7 Å². The predicted molar refractivity (Wildman–Crippen MR) is 166 cm³/mol. The molecule has 0 saturated carbocycles. The van der Waals surface area contributed by atoms with Crippen LogP contribution in [0.3, 0.4) is 0 Å². The Kier molecular flexibility index (Phi) is 8.28. The number of hydrogen-bond donors (Lipinski definition) is 0. The van der Waals surface area contributed by atoms with Crippen molar-refractivity contribution in [2.45, 2.75) is 52.7 Å². The van der Waals surface area contributed by atoms with Crippen LogP contribution in [-0.4, -0.2) is 43.6 Å². The van der Waals surface area contributed by atoms with E-state index in [9.17, 15) is 19.2 Å². The molecule has 4 rings (SSSR count). The summed E-state index contributed by atoms with van der Waals surface area (Å²) in [5.41, 5.74) is 0.307. The molecule has 12 heteroatoms. The zero-order chi connectivity index (χ0) is 29.6. The second kappa shape index (κ2) is 11.1. The standard InChI is InChI=1S/C28H26N2O6S4/c1-27(2,3)35-23(33)15-7-11-17(12-8-15)29-21(31)19(39-25(29)37)20-22(32)30(26(38)40-20)18-13-9-16(10-14-18)24(34)36-28(4,5)6/h7-14H,1-6H3. The van der Waals surface area contributed by atoms with Crippen molar-refractivity contribution in [3.63, 3.8) is 0 Å². The molecule has 2 aliphatic heterocycles. The monoisotopic (exact) mass is 614 g/mol. The Labute approximate surface area is 251 Å². The molecule has 0 aliphatic carbocycles. The quantitative estimate of drug-likeness (QED) is 0.224. The maximum atomic E-state index is 13.4. The number of thioether (sulfide) groups is 2. The first-order valence-corrected chi connectivity index (χ1v) is 14.5. The van der Waals surface area contributed by atoms with Gasteiger partial charge in [0.1, 0.15) is 11.2 Å². The Morgan fingerprint density at radius 1 is 0.625 bits per heavy atom. The van der Waals surface area contributed by atoms with Crippen LogP contribution in [-0.2, 0) is 19.1 Å². The summed E-state index contributed by atoms with van der Waals surface area (Å²) in [6, 6.07) is 12.6. The van der Waals surface area contributed by atoms with Crippen molar-refractivity contribution in [2.24, 2.45) is 0 Å². The number of ether oxygens (including phenoxy) is 2. The molecule has 0 bridgehead atoms. The molecule has 0 unspecified atom stereocenters. The third-order valence-corrected chi connectivity index (χ3v) is 8.14. The molecule has 2 fully saturated rings. The van der Waals surface area contributed by atoms with E-state index in [1.54, 1.807) is 90.1 Å². The van der Waals surface area contributed by atoms with Crippen LogP contribution >= 0.6 is 48.0 Å². The number of carbonyl (C=O) groups excluding carboxylic acids is 4. The lowest BCUT2D eigenvalue weighted by Crippen LogP contribution is -2.29. The van der Waals surface area contributed by atoms with Gasteiger partial charge in [0.25, 0.3) is 11.8 Å². The van der Waals surface area contributed by atoms with Gasteiger partial charge in [0.2, 0.25) is 0 Å². The number of thiocarbonyl (C=S) groups is 2. The second-order valence-electron chi connectivity index (χ2n) is 10.8. The number of hydrogen-bond acceptors (Lipinski definition) is 10. The SMILES string of the molecule is CC(C)(C)OC(=O)c1ccc(N2C(=O)C(=C3SC(=S)N(c4ccc(C(=O)OC(C)(C)C)cc4)C3=O)SC2=S)cc1. The molecular weight excluding hydrogens is 589 g/mol. The first-order valence-electron chi connectivity index (χ1n) is 12.1. The van der Waals surface area contributed by atoms with Gasteiger partial charge in [-0.2, -0.15) is 0 Å². The fourth-order valence-electron chi connectivity index (χ4n) is 3.62. The molecule has 0 radical (unpaired) electrons. The van der Waals surface area contributed by atoms with Crippen LogP contribution in [0, 0.1) is 0 Å². The predicted octanol–water partition coefficient (Wildman–Crippen LogP) is 6.24. The number of nitrogens with zero attached hydrogens (tertiary/aromatic N) is 2. The summed E-state index contributed by atoms with van der Waals surface area (Å²) < 4.78 is 11.3. The number of anilines is 2. The average Bonchev–Trinajstić information content (AvgIpc) is 3.30. The van der Waals surface area contributed by atoms with Gasteiger partial charge in [0.05, 0.1) is 32.3 Å². The summed E-state index contributed by atoms with van der Waals surface area (Å²) in [6.07, 6.45) is 0. The van der Waals surface area contributed by atoms with E-state index in [1.807, 2.05) is 0 Å². The minimum Gasteiger partial charge on any atom is -0.456 e. The largest absolute Gasteiger partial charge is 0.456 e. The zero-order valence-electron chi connectivity index (χ0n) is 22.6. The van der Waals surface area contributed by atoms with Crippen molar-refractivity contribution in [2.75, 3.05) is 9.80 Å². The van der Waals surface area contributed by atoms with Crippen LogP contribution in [0.4, 0.5) is 11.4 Å². The highest BCUT2D eigenvalue weighted by atomic mass is 32.2. The normalized spacial score (nSPS) is 18.1. The van der Waals surface area contributed by atoms with Gasteiger partial charge in [0.15, 0.2) is 8.64 Å². The molecule has 2 aromatic carbocycles. The Bertz CT molecular complexity index is 1360. The van der Waals surface area contributed by atoms with Crippen LogP contribution in [0.2, 0.25) is 0 Å². The summed E-state index contributed by atoms with van der Waals surface area (Å²) in [7, 11) is 0. The lowest BCUT2D eigenvalue weighted by atomic mass is 10.1. The van der Waals surface area contributed by atoms with Crippen molar-refractivity contribution >= 4 is 91.7 Å². The molecule has 2 heterocycles. The molecule has 208 valence electrons. The average molecular weight is 615 g/mol. The van der Waals surface area contributed by atoms with E-state index < -0.39 is 35.0 Å². The highest BCUT2D eigenvalue weighted by molar-refractivity contribution is 8.30. The Balaban J connectivity index is 1.54. The van der Waals surface area contributed by atoms with Gasteiger partial charge in [0, 0.05) is 0 Å². The smallest absolute Gasteiger partial charge is 0.338 e. The van der Waals surface area contributed by atoms with Crippen molar-refractivity contribution in [1.29, 1.82) is 0 Å². The van der Waals surface area contributed by atoms with Crippen molar-refractivity contribution in [1.82, 2.24) is 0 Å². The molecule has 0 N–H and O–H groups in total. The Morgan fingerprint density at radius 3 is 1.20 bits per heavy atom. The van der Waals surface area contributed by atoms with E-state index in [1.165, 1.54) is 9.80 Å². The van der Waals surface area contributed by atoms with E-state index in [0.29, 0.717) is 22.5 Å². The maximum absolute atomic E-state index is 13.4. The molecule has 0 spiro atoms. The van der Waals surface area contributed by atoms with E-state index >= 15 is 0 Å². The number of amides is 2. The fraction of sp³-hybridized carbons (Fsp3) is 0.286. The highest BCUT2D eigenvalue weighted by Crippen LogP contribution is 2.44. The van der Waals surface area contributed by atoms with Crippen LogP contribution in [0.5, 0.6) is 0 Å². The van der Waals surface area contributed by atoms with Gasteiger partial charge >= 0.3 is 11.9 Å². The Hall–Kier alpha value is -3.06. The summed E-state index contributed by atoms with van der Waals surface area (Å²) in [5.74, 6) is -1.87. The maximum Gasteiger partial charge on any atom is 0.338 e. The lowest BCUT2D eigenvalue weighted by molar-refractivity contribution is -0.115. The van der Waals surface area contributed by atoms with Crippen LogP contribution in [0.25, 0.3) is 0 Å². The molecule has 2 aromatic rings. The van der Waals surface area contributed by atoms with E-state index in [-0.39, 0.29) is 18.5 Å². The van der Waals surface area contributed by atoms with Gasteiger partial charge in [-0.3, -0.25) is 19.4 Å². The molecule has 0 aromatic heterocycles.